The maximum absolute atomic E-state index is 12.2. The summed E-state index contributed by atoms with van der Waals surface area (Å²) in [5.41, 5.74) is 8.34. The monoisotopic (exact) mass is 509 g/mol. The van der Waals surface area contributed by atoms with E-state index in [1.807, 2.05) is 26.1 Å². The van der Waals surface area contributed by atoms with Crippen LogP contribution in [-0.4, -0.2) is 80.3 Å². The molecule has 0 aliphatic carbocycles. The summed E-state index contributed by atoms with van der Waals surface area (Å²) in [5, 5.41) is 11.5. The molecule has 2 aliphatic heterocycles. The quantitative estimate of drug-likeness (QED) is 0.377. The number of hydrogen-bond donors (Lipinski definition) is 3. The van der Waals surface area contributed by atoms with Crippen molar-refractivity contribution >= 4 is 34.5 Å². The van der Waals surface area contributed by atoms with E-state index in [4.69, 9.17) is 0 Å². The standard InChI is InChI=1S/C28H31N9O/c1-17(2)28(38)32-20-10-18(13-30-15-20)19-11-22-26(34-35-27(22)31-14-19)23-12-21-24(33-23)16-29-5-4-25(21)37-8-6-36(3)7-9-37/h4-5,10-15,17,33H,6-9,16H2,1-3H3,(H,32,38)(H,31,34,35). The summed E-state index contributed by atoms with van der Waals surface area (Å²) in [6, 6.07) is 6.17. The van der Waals surface area contributed by atoms with Gasteiger partial charge in [-0.2, -0.15) is 5.10 Å². The van der Waals surface area contributed by atoms with Crippen LogP contribution in [0.4, 0.5) is 5.69 Å². The third-order valence-electron chi connectivity index (χ3n) is 7.15. The molecule has 194 valence electrons. The average Bonchev–Trinajstić information content (AvgIpc) is 3.48. The van der Waals surface area contributed by atoms with Gasteiger partial charge in [-0.1, -0.05) is 13.8 Å². The van der Waals surface area contributed by atoms with E-state index in [0.717, 1.165) is 59.8 Å². The molecule has 0 radical (unpaired) electrons. The maximum atomic E-state index is 12.2. The van der Waals surface area contributed by atoms with Crippen molar-refractivity contribution in [3.05, 3.63) is 54.1 Å². The number of fused-ring (bicyclic) bond motifs is 2. The lowest BCUT2D eigenvalue weighted by Gasteiger charge is -2.35. The summed E-state index contributed by atoms with van der Waals surface area (Å²) >= 11 is 0. The van der Waals surface area contributed by atoms with Gasteiger partial charge in [0.25, 0.3) is 0 Å². The van der Waals surface area contributed by atoms with Crippen LogP contribution in [0.5, 0.6) is 0 Å². The molecule has 1 fully saturated rings. The molecule has 38 heavy (non-hydrogen) atoms. The lowest BCUT2D eigenvalue weighted by Crippen LogP contribution is -2.43. The Balaban J connectivity index is 1.34. The third kappa shape index (κ3) is 4.58. The van der Waals surface area contributed by atoms with E-state index in [1.165, 1.54) is 11.3 Å². The van der Waals surface area contributed by atoms with Gasteiger partial charge in [0.2, 0.25) is 5.91 Å². The minimum absolute atomic E-state index is 0.0458. The molecule has 0 atom stereocenters. The molecular formula is C28H31N9O. The largest absolute Gasteiger partial charge is 0.368 e. The predicted molar refractivity (Wildman–Crippen MR) is 150 cm³/mol. The highest BCUT2D eigenvalue weighted by molar-refractivity contribution is 5.95. The summed E-state index contributed by atoms with van der Waals surface area (Å²) in [6.07, 6.45) is 9.24. The van der Waals surface area contributed by atoms with Crippen molar-refractivity contribution < 1.29 is 4.79 Å². The van der Waals surface area contributed by atoms with Crippen LogP contribution in [0.25, 0.3) is 39.2 Å². The van der Waals surface area contributed by atoms with E-state index in [-0.39, 0.29) is 11.8 Å². The van der Waals surface area contributed by atoms with Crippen LogP contribution in [0, 0.1) is 5.92 Å². The summed E-state index contributed by atoms with van der Waals surface area (Å²) in [5.74, 6) is -0.158. The van der Waals surface area contributed by atoms with Gasteiger partial charge >= 0.3 is 0 Å². The Morgan fingerprint density at radius 3 is 2.68 bits per heavy atom. The molecular weight excluding hydrogens is 478 g/mol. The zero-order chi connectivity index (χ0) is 26.2. The molecule has 4 aromatic heterocycles. The van der Waals surface area contributed by atoms with Crippen molar-refractivity contribution in [3.63, 3.8) is 0 Å². The van der Waals surface area contributed by atoms with Gasteiger partial charge in [-0.05, 0) is 31.3 Å². The minimum Gasteiger partial charge on any atom is -0.368 e. The Morgan fingerprint density at radius 1 is 1.05 bits per heavy atom. The van der Waals surface area contributed by atoms with Crippen molar-refractivity contribution in [2.24, 2.45) is 10.9 Å². The van der Waals surface area contributed by atoms with Gasteiger partial charge in [0.05, 0.1) is 29.8 Å². The van der Waals surface area contributed by atoms with Crippen molar-refractivity contribution in [2.45, 2.75) is 20.4 Å². The number of nitrogens with one attached hydrogen (secondary N) is 3. The summed E-state index contributed by atoms with van der Waals surface area (Å²) in [4.78, 5) is 34.1. The number of carbonyl (C=O) groups excluding carboxylic acids is 1. The smallest absolute Gasteiger partial charge is 0.226 e. The highest BCUT2D eigenvalue weighted by atomic mass is 16.1. The average molecular weight is 510 g/mol. The van der Waals surface area contributed by atoms with E-state index in [9.17, 15) is 4.79 Å². The Labute approximate surface area is 220 Å². The highest BCUT2D eigenvalue weighted by Crippen LogP contribution is 2.34. The molecule has 6 heterocycles. The number of anilines is 1. The number of H-pyrrole nitrogens is 2. The van der Waals surface area contributed by atoms with E-state index in [2.05, 4.69) is 70.5 Å². The molecule has 2 aliphatic rings. The lowest BCUT2D eigenvalue weighted by molar-refractivity contribution is -0.118. The van der Waals surface area contributed by atoms with Crippen LogP contribution in [0.15, 0.2) is 47.9 Å². The number of likely N-dealkylation sites (N-methyl/N-ethyl adjacent to an activating group) is 1. The number of hydrogen-bond acceptors (Lipinski definition) is 7. The zero-order valence-electron chi connectivity index (χ0n) is 21.8. The molecule has 6 rings (SSSR count). The molecule has 0 bridgehead atoms. The van der Waals surface area contributed by atoms with Gasteiger partial charge in [-0.3, -0.25) is 19.9 Å². The van der Waals surface area contributed by atoms with Crippen LogP contribution in [0.2, 0.25) is 0 Å². The van der Waals surface area contributed by atoms with Crippen molar-refractivity contribution in [1.29, 1.82) is 0 Å². The van der Waals surface area contributed by atoms with Crippen LogP contribution in [0.1, 0.15) is 25.1 Å². The van der Waals surface area contributed by atoms with Crippen molar-refractivity contribution in [1.82, 2.24) is 34.9 Å². The molecule has 10 nitrogen and oxygen atoms in total. The van der Waals surface area contributed by atoms with E-state index in [1.54, 1.807) is 18.6 Å². The number of pyridine rings is 2. The first-order chi connectivity index (χ1) is 18.5. The number of aromatic amines is 2. The SMILES string of the molecule is CC(C)C(=O)Nc1cncc(-c2cnc3n[nH]c(-c4cc5c([nH]4)CN=CC=C5N4CCN(C)CC4)c3c2)c1. The fraction of sp³-hybridized carbons (Fsp3) is 0.321. The molecule has 10 heteroatoms. The third-order valence-corrected chi connectivity index (χ3v) is 7.15. The van der Waals surface area contributed by atoms with Gasteiger partial charge in [0, 0.05) is 84.2 Å². The van der Waals surface area contributed by atoms with Gasteiger partial charge in [0.15, 0.2) is 5.65 Å². The minimum atomic E-state index is -0.113. The Hall–Kier alpha value is -4.31. The Bertz CT molecular complexity index is 1550. The number of carbonyl (C=O) groups is 1. The second-order valence-corrected chi connectivity index (χ2v) is 10.2. The number of rotatable bonds is 5. The van der Waals surface area contributed by atoms with Gasteiger partial charge in [-0.15, -0.1) is 0 Å². The summed E-state index contributed by atoms with van der Waals surface area (Å²) in [6.45, 7) is 8.37. The molecule has 0 spiro atoms. The van der Waals surface area contributed by atoms with Crippen molar-refractivity contribution in [3.8, 4) is 22.5 Å². The summed E-state index contributed by atoms with van der Waals surface area (Å²) in [7, 11) is 2.17. The number of nitrogens with zero attached hydrogens (tertiary/aromatic N) is 6. The van der Waals surface area contributed by atoms with Crippen LogP contribution in [0.3, 0.4) is 0 Å². The fourth-order valence-electron chi connectivity index (χ4n) is 4.88. The van der Waals surface area contributed by atoms with E-state index < -0.39 is 0 Å². The molecule has 0 saturated carbocycles. The Kier molecular flexibility index (Phi) is 6.24. The van der Waals surface area contributed by atoms with Gasteiger partial charge in [0.1, 0.15) is 0 Å². The first-order valence-corrected chi connectivity index (χ1v) is 12.9. The summed E-state index contributed by atoms with van der Waals surface area (Å²) < 4.78 is 0. The zero-order valence-corrected chi connectivity index (χ0v) is 21.8. The number of amides is 1. The molecule has 3 N–H and O–H groups in total. The Morgan fingerprint density at radius 2 is 1.87 bits per heavy atom. The van der Waals surface area contributed by atoms with Crippen LogP contribution in [-0.2, 0) is 11.3 Å². The van der Waals surface area contributed by atoms with Gasteiger partial charge < -0.3 is 20.1 Å². The molecule has 4 aromatic rings. The number of aliphatic imine (C=N–C) groups is 1. The molecule has 1 saturated heterocycles. The fourth-order valence-corrected chi connectivity index (χ4v) is 4.88. The van der Waals surface area contributed by atoms with Crippen molar-refractivity contribution in [2.75, 3.05) is 38.5 Å². The first kappa shape index (κ1) is 24.1. The van der Waals surface area contributed by atoms with Gasteiger partial charge in [-0.25, -0.2) is 4.98 Å². The first-order valence-electron chi connectivity index (χ1n) is 12.9. The normalized spacial score (nSPS) is 16.0. The van der Waals surface area contributed by atoms with E-state index in [0.29, 0.717) is 17.9 Å². The van der Waals surface area contributed by atoms with Crippen LogP contribution >= 0.6 is 0 Å². The highest BCUT2D eigenvalue weighted by Gasteiger charge is 2.23. The van der Waals surface area contributed by atoms with Crippen LogP contribution < -0.4 is 5.32 Å². The van der Waals surface area contributed by atoms with E-state index >= 15 is 0 Å². The number of aromatic nitrogens is 5. The maximum Gasteiger partial charge on any atom is 0.226 e. The molecule has 1 amide bonds. The topological polar surface area (TPSA) is 118 Å². The predicted octanol–water partition coefficient (Wildman–Crippen LogP) is 3.78. The number of piperazine rings is 1. The second kappa shape index (κ2) is 9.86. The second-order valence-electron chi connectivity index (χ2n) is 10.2. The molecule has 0 aromatic carbocycles. The molecule has 0 unspecified atom stereocenters. The number of allylic oxidation sites excluding steroid dienone is 1. The lowest BCUT2D eigenvalue weighted by atomic mass is 10.1.